The van der Waals surface area contributed by atoms with Gasteiger partial charge in [-0.25, -0.2) is 4.79 Å². The summed E-state index contributed by atoms with van der Waals surface area (Å²) < 4.78 is 5.58. The average molecular weight is 286 g/mol. The lowest BCUT2D eigenvalue weighted by Crippen LogP contribution is -1.87. The van der Waals surface area contributed by atoms with Crippen molar-refractivity contribution in [3.8, 4) is 0 Å². The van der Waals surface area contributed by atoms with Gasteiger partial charge in [0.1, 0.15) is 11.5 Å². The third-order valence-electron chi connectivity index (χ3n) is 3.20. The van der Waals surface area contributed by atoms with E-state index in [1.54, 1.807) is 13.0 Å². The van der Waals surface area contributed by atoms with Gasteiger partial charge in [0.2, 0.25) is 0 Å². The van der Waals surface area contributed by atoms with E-state index in [0.717, 1.165) is 28.2 Å². The number of aryl methyl sites for hydroxylation is 2. The minimum absolute atomic E-state index is 0.702. The number of rotatable bonds is 5. The van der Waals surface area contributed by atoms with Crippen molar-refractivity contribution in [1.82, 2.24) is 0 Å². The monoisotopic (exact) mass is 286 g/mol. The van der Waals surface area contributed by atoms with Crippen LogP contribution in [0.15, 0.2) is 45.9 Å². The van der Waals surface area contributed by atoms with Crippen LogP contribution < -0.4 is 0 Å². The molecule has 3 heteroatoms. The quantitative estimate of drug-likeness (QED) is 0.627. The van der Waals surface area contributed by atoms with Crippen molar-refractivity contribution >= 4 is 12.0 Å². The lowest BCUT2D eigenvalue weighted by atomic mass is 10.1. The average Bonchev–Trinajstić information content (AvgIpc) is 2.60. The Hall–Kier alpha value is -2.29. The highest BCUT2D eigenvalue weighted by atomic mass is 16.4. The second-order valence-electron chi connectivity index (χ2n) is 5.08. The van der Waals surface area contributed by atoms with E-state index in [4.69, 9.17) is 9.52 Å². The maximum atomic E-state index is 10.5. The first-order chi connectivity index (χ1) is 9.81. The van der Waals surface area contributed by atoms with Crippen LogP contribution >= 0.6 is 0 Å². The Morgan fingerprint density at radius 1 is 1.05 bits per heavy atom. The molecule has 0 saturated heterocycles. The molecule has 0 aromatic carbocycles. The van der Waals surface area contributed by atoms with E-state index >= 15 is 0 Å². The Labute approximate surface area is 126 Å². The molecule has 0 aliphatic rings. The van der Waals surface area contributed by atoms with Gasteiger partial charge in [0.15, 0.2) is 0 Å². The number of carboxylic acids is 1. The van der Waals surface area contributed by atoms with Crippen LogP contribution in [0.25, 0.3) is 6.08 Å². The van der Waals surface area contributed by atoms with Crippen LogP contribution in [0.2, 0.25) is 0 Å². The summed E-state index contributed by atoms with van der Waals surface area (Å²) in [6.07, 6.45) is 10.8. The second kappa shape index (κ2) is 7.48. The first-order valence-electron chi connectivity index (χ1n) is 6.82. The Balaban J connectivity index is 2.79. The van der Waals surface area contributed by atoms with Gasteiger partial charge in [-0.2, -0.15) is 0 Å². The molecule has 1 aromatic heterocycles. The highest BCUT2D eigenvalue weighted by Gasteiger charge is 2.07. The predicted octanol–water partition coefficient (Wildman–Crippen LogP) is 4.75. The maximum absolute atomic E-state index is 10.5. The van der Waals surface area contributed by atoms with E-state index in [1.165, 1.54) is 6.08 Å². The Morgan fingerprint density at radius 3 is 2.24 bits per heavy atom. The first-order valence-corrected chi connectivity index (χ1v) is 6.82. The van der Waals surface area contributed by atoms with Crippen molar-refractivity contribution in [1.29, 1.82) is 0 Å². The standard InChI is InChI=1S/C18H22O3/c1-12(7-6-8-13(2)11-18(19)20)9-10-17-14(3)15(4)21-16(17)5/h6-11H,1-5H3,(H,19,20). The summed E-state index contributed by atoms with van der Waals surface area (Å²) in [5, 5.41) is 8.61. The third kappa shape index (κ3) is 5.30. The number of hydrogen-bond acceptors (Lipinski definition) is 2. The molecule has 112 valence electrons. The molecule has 21 heavy (non-hydrogen) atoms. The summed E-state index contributed by atoms with van der Waals surface area (Å²) in [7, 11) is 0. The van der Waals surface area contributed by atoms with Crippen molar-refractivity contribution in [3.63, 3.8) is 0 Å². The van der Waals surface area contributed by atoms with Crippen LogP contribution in [-0.4, -0.2) is 11.1 Å². The third-order valence-corrected chi connectivity index (χ3v) is 3.20. The van der Waals surface area contributed by atoms with E-state index in [1.807, 2.05) is 52.0 Å². The van der Waals surface area contributed by atoms with Crippen LogP contribution in [-0.2, 0) is 4.79 Å². The number of carbonyl (C=O) groups is 1. The fourth-order valence-corrected chi connectivity index (χ4v) is 1.92. The van der Waals surface area contributed by atoms with Gasteiger partial charge in [-0.05, 0) is 45.8 Å². The van der Waals surface area contributed by atoms with Gasteiger partial charge in [-0.3, -0.25) is 0 Å². The number of furan rings is 1. The van der Waals surface area contributed by atoms with E-state index < -0.39 is 5.97 Å². The van der Waals surface area contributed by atoms with Crippen molar-refractivity contribution in [2.45, 2.75) is 34.6 Å². The van der Waals surface area contributed by atoms with Gasteiger partial charge in [0.25, 0.3) is 0 Å². The zero-order valence-electron chi connectivity index (χ0n) is 13.2. The zero-order chi connectivity index (χ0) is 16.0. The summed E-state index contributed by atoms with van der Waals surface area (Å²) in [6.45, 7) is 9.71. The Bertz CT molecular complexity index is 638. The highest BCUT2D eigenvalue weighted by molar-refractivity contribution is 5.81. The first kappa shape index (κ1) is 16.8. The van der Waals surface area contributed by atoms with E-state index in [2.05, 4.69) is 0 Å². The normalized spacial score (nSPS) is 13.6. The number of allylic oxidation sites excluding steroid dienone is 6. The molecule has 1 N–H and O–H groups in total. The van der Waals surface area contributed by atoms with Gasteiger partial charge in [0.05, 0.1) is 0 Å². The molecule has 0 bridgehead atoms. The van der Waals surface area contributed by atoms with Gasteiger partial charge in [-0.15, -0.1) is 0 Å². The van der Waals surface area contributed by atoms with Gasteiger partial charge >= 0.3 is 5.97 Å². The van der Waals surface area contributed by atoms with Crippen LogP contribution in [0, 0.1) is 20.8 Å². The zero-order valence-corrected chi connectivity index (χ0v) is 13.2. The van der Waals surface area contributed by atoms with Crippen molar-refractivity contribution < 1.29 is 14.3 Å². The van der Waals surface area contributed by atoms with Crippen LogP contribution in [0.4, 0.5) is 0 Å². The Morgan fingerprint density at radius 2 is 1.71 bits per heavy atom. The minimum Gasteiger partial charge on any atom is -0.478 e. The molecule has 0 aliphatic carbocycles. The fourth-order valence-electron chi connectivity index (χ4n) is 1.92. The molecule has 0 aliphatic heterocycles. The summed E-state index contributed by atoms with van der Waals surface area (Å²) >= 11 is 0. The highest BCUT2D eigenvalue weighted by Crippen LogP contribution is 2.22. The van der Waals surface area contributed by atoms with Crippen molar-refractivity contribution in [2.24, 2.45) is 0 Å². The largest absolute Gasteiger partial charge is 0.478 e. The van der Waals surface area contributed by atoms with Crippen LogP contribution in [0.5, 0.6) is 0 Å². The SMILES string of the molecule is CC(C=Cc1c(C)oc(C)c1C)=CC=CC(C)=CC(=O)O. The molecule has 0 spiro atoms. The molecule has 1 rings (SSSR count). The molecular formula is C18H22O3. The number of hydrogen-bond donors (Lipinski definition) is 1. The summed E-state index contributed by atoms with van der Waals surface area (Å²) in [5.74, 6) is 0.937. The molecule has 1 heterocycles. The number of carboxylic acid groups (broad SMARTS) is 1. The minimum atomic E-state index is -0.931. The molecular weight excluding hydrogens is 264 g/mol. The summed E-state index contributed by atoms with van der Waals surface area (Å²) in [5.41, 5.74) is 4.05. The molecule has 0 fully saturated rings. The maximum Gasteiger partial charge on any atom is 0.328 e. The van der Waals surface area contributed by atoms with Crippen molar-refractivity contribution in [2.75, 3.05) is 0 Å². The van der Waals surface area contributed by atoms with Gasteiger partial charge in [-0.1, -0.05) is 36.0 Å². The van der Waals surface area contributed by atoms with Gasteiger partial charge < -0.3 is 9.52 Å². The lowest BCUT2D eigenvalue weighted by Gasteiger charge is -1.93. The van der Waals surface area contributed by atoms with E-state index in [-0.39, 0.29) is 0 Å². The lowest BCUT2D eigenvalue weighted by molar-refractivity contribution is -0.131. The molecule has 1 aromatic rings. The summed E-state index contributed by atoms with van der Waals surface area (Å²) in [6, 6.07) is 0. The van der Waals surface area contributed by atoms with Crippen molar-refractivity contribution in [3.05, 3.63) is 64.2 Å². The number of aliphatic carboxylic acids is 1. The molecule has 3 nitrogen and oxygen atoms in total. The molecule has 0 amide bonds. The predicted molar refractivity (Wildman–Crippen MR) is 86.2 cm³/mol. The smallest absolute Gasteiger partial charge is 0.328 e. The fraction of sp³-hybridized carbons (Fsp3) is 0.278. The molecule has 0 saturated carbocycles. The van der Waals surface area contributed by atoms with Gasteiger partial charge in [0, 0.05) is 11.6 Å². The molecule has 0 atom stereocenters. The van der Waals surface area contributed by atoms with Crippen LogP contribution in [0.3, 0.4) is 0 Å². The summed E-state index contributed by atoms with van der Waals surface area (Å²) in [4.78, 5) is 10.5. The Kier molecular flexibility index (Phi) is 5.97. The molecule has 0 unspecified atom stereocenters. The second-order valence-corrected chi connectivity index (χ2v) is 5.08. The topological polar surface area (TPSA) is 50.4 Å². The van der Waals surface area contributed by atoms with Crippen LogP contribution in [0.1, 0.15) is 36.5 Å². The van der Waals surface area contributed by atoms with E-state index in [9.17, 15) is 4.79 Å². The molecule has 0 radical (unpaired) electrons. The van der Waals surface area contributed by atoms with E-state index in [0.29, 0.717) is 5.57 Å².